The molecule has 3 nitrogen and oxygen atoms in total. The maximum Gasteiger partial charge on any atom is 0.389 e. The number of methoxy groups -OCH3 is 1. The predicted molar refractivity (Wildman–Crippen MR) is 125 cm³/mol. The summed E-state index contributed by atoms with van der Waals surface area (Å²) in [5.74, 6) is 1.11. The van der Waals surface area contributed by atoms with Gasteiger partial charge in [0.15, 0.2) is 0 Å². The van der Waals surface area contributed by atoms with E-state index in [2.05, 4.69) is 30.8 Å². The summed E-state index contributed by atoms with van der Waals surface area (Å²) >= 11 is 0. The van der Waals surface area contributed by atoms with E-state index in [1.807, 2.05) is 0 Å². The van der Waals surface area contributed by atoms with Gasteiger partial charge in [-0.2, -0.15) is 13.2 Å². The first kappa shape index (κ1) is 27.4. The molecule has 33 heavy (non-hydrogen) atoms. The van der Waals surface area contributed by atoms with Crippen LogP contribution in [0.5, 0.6) is 0 Å². The number of rotatable bonds is 13. The maximum absolute atomic E-state index is 12.3. The summed E-state index contributed by atoms with van der Waals surface area (Å²) in [6, 6.07) is 8.48. The number of hydrogen-bond acceptors (Lipinski definition) is 3. The van der Waals surface area contributed by atoms with Gasteiger partial charge in [0.1, 0.15) is 0 Å². The highest BCUT2D eigenvalue weighted by Crippen LogP contribution is 2.38. The summed E-state index contributed by atoms with van der Waals surface area (Å²) in [6.45, 7) is 6.22. The van der Waals surface area contributed by atoms with Crippen LogP contribution in [0, 0.1) is 11.8 Å². The van der Waals surface area contributed by atoms with Crippen LogP contribution in [0.1, 0.15) is 81.8 Å². The van der Waals surface area contributed by atoms with Gasteiger partial charge in [0.2, 0.25) is 0 Å². The fourth-order valence-electron chi connectivity index (χ4n) is 4.63. The highest BCUT2D eigenvalue weighted by molar-refractivity contribution is 5.86. The highest BCUT2D eigenvalue weighted by atomic mass is 19.4. The van der Waals surface area contributed by atoms with Crippen molar-refractivity contribution in [2.24, 2.45) is 11.8 Å². The van der Waals surface area contributed by atoms with Gasteiger partial charge in [-0.05, 0) is 87.7 Å². The number of esters is 1. The Morgan fingerprint density at radius 1 is 1.09 bits per heavy atom. The van der Waals surface area contributed by atoms with Crippen molar-refractivity contribution in [2.75, 3.05) is 20.3 Å². The number of unbranched alkanes of at least 4 members (excludes halogenated alkanes) is 1. The minimum atomic E-state index is -4.05. The third-order valence-corrected chi connectivity index (χ3v) is 6.66. The van der Waals surface area contributed by atoms with Gasteiger partial charge in [-0.1, -0.05) is 30.8 Å². The molecule has 0 radical (unpaired) electrons. The van der Waals surface area contributed by atoms with E-state index >= 15 is 0 Å². The second-order valence-corrected chi connectivity index (χ2v) is 9.56. The van der Waals surface area contributed by atoms with Crippen molar-refractivity contribution in [3.05, 3.63) is 47.5 Å². The monoisotopic (exact) mass is 468 g/mol. The van der Waals surface area contributed by atoms with E-state index in [-0.39, 0.29) is 18.3 Å². The van der Waals surface area contributed by atoms with Gasteiger partial charge >= 0.3 is 12.1 Å². The smallest absolute Gasteiger partial charge is 0.389 e. The Morgan fingerprint density at radius 3 is 2.33 bits per heavy atom. The molecule has 0 aromatic heterocycles. The largest absolute Gasteiger partial charge is 0.462 e. The van der Waals surface area contributed by atoms with Crippen LogP contribution in [0.4, 0.5) is 13.2 Å². The Labute approximate surface area is 196 Å². The first-order chi connectivity index (χ1) is 15.7. The van der Waals surface area contributed by atoms with Crippen molar-refractivity contribution in [1.29, 1.82) is 0 Å². The van der Waals surface area contributed by atoms with Crippen molar-refractivity contribution in [2.45, 2.75) is 83.2 Å². The van der Waals surface area contributed by atoms with Gasteiger partial charge in [-0.25, -0.2) is 4.79 Å². The number of ether oxygens (including phenoxy) is 2. The first-order valence-electron chi connectivity index (χ1n) is 12.1. The third kappa shape index (κ3) is 10.8. The fourth-order valence-corrected chi connectivity index (χ4v) is 4.63. The molecule has 1 fully saturated rings. The molecule has 2 rings (SSSR count). The van der Waals surface area contributed by atoms with E-state index in [9.17, 15) is 18.0 Å². The average Bonchev–Trinajstić information content (AvgIpc) is 2.78. The number of carbonyl (C=O) groups is 1. The molecular formula is C27H39F3O3. The Kier molecular flexibility index (Phi) is 11.5. The van der Waals surface area contributed by atoms with Crippen LogP contribution in [0.2, 0.25) is 0 Å². The third-order valence-electron chi connectivity index (χ3n) is 6.66. The van der Waals surface area contributed by atoms with Gasteiger partial charge in [-0.3, -0.25) is 0 Å². The quantitative estimate of drug-likeness (QED) is 0.172. The molecule has 0 bridgehead atoms. The lowest BCUT2D eigenvalue weighted by Gasteiger charge is -2.30. The zero-order valence-corrected chi connectivity index (χ0v) is 20.1. The van der Waals surface area contributed by atoms with Crippen LogP contribution >= 0.6 is 0 Å². The molecule has 1 aromatic rings. The SMILES string of the molecule is C=C(C)C(=O)OCC(CCC1CCC(c2ccc(CCCCC(F)(F)F)cc2)CC1)COC. The normalized spacial score (nSPS) is 19.8. The van der Waals surface area contributed by atoms with Crippen molar-refractivity contribution >= 4 is 5.97 Å². The molecule has 0 saturated heterocycles. The molecule has 1 aromatic carbocycles. The molecule has 186 valence electrons. The lowest BCUT2D eigenvalue weighted by atomic mass is 9.76. The molecule has 1 aliphatic carbocycles. The van der Waals surface area contributed by atoms with Gasteiger partial charge in [-0.15, -0.1) is 0 Å². The molecule has 1 atom stereocenters. The summed E-state index contributed by atoms with van der Waals surface area (Å²) in [5, 5.41) is 0. The van der Waals surface area contributed by atoms with E-state index in [1.54, 1.807) is 14.0 Å². The van der Waals surface area contributed by atoms with Crippen molar-refractivity contribution in [1.82, 2.24) is 0 Å². The zero-order valence-electron chi connectivity index (χ0n) is 20.1. The van der Waals surface area contributed by atoms with Gasteiger partial charge < -0.3 is 9.47 Å². The van der Waals surface area contributed by atoms with Crippen LogP contribution in [-0.2, 0) is 20.7 Å². The van der Waals surface area contributed by atoms with Crippen molar-refractivity contribution in [3.63, 3.8) is 0 Å². The lowest BCUT2D eigenvalue weighted by Crippen LogP contribution is -2.21. The van der Waals surface area contributed by atoms with E-state index in [1.165, 1.54) is 18.4 Å². The number of alkyl halides is 3. The summed E-state index contributed by atoms with van der Waals surface area (Å²) < 4.78 is 47.4. The maximum atomic E-state index is 12.3. The van der Waals surface area contributed by atoms with Crippen LogP contribution in [0.3, 0.4) is 0 Å². The number of benzene rings is 1. The molecule has 1 saturated carbocycles. The fraction of sp³-hybridized carbons (Fsp3) is 0.667. The Hall–Kier alpha value is -1.82. The first-order valence-corrected chi connectivity index (χ1v) is 12.1. The molecule has 0 amide bonds. The average molecular weight is 469 g/mol. The Morgan fingerprint density at radius 2 is 1.76 bits per heavy atom. The number of aryl methyl sites for hydroxylation is 1. The standard InChI is InChI=1S/C27H39F3O3/c1-20(2)26(31)33-19-23(18-32-3)8-7-22-11-15-25(16-12-22)24-13-9-21(10-14-24)6-4-5-17-27(28,29)30/h9-10,13-14,22-23,25H,1,4-8,11-12,15-19H2,2-3H3. The Balaban J connectivity index is 1.70. The highest BCUT2D eigenvalue weighted by Gasteiger charge is 2.26. The van der Waals surface area contributed by atoms with Gasteiger partial charge in [0.05, 0.1) is 13.2 Å². The van der Waals surface area contributed by atoms with Crippen molar-refractivity contribution < 1.29 is 27.4 Å². The van der Waals surface area contributed by atoms with E-state index in [0.717, 1.165) is 31.2 Å². The molecule has 0 spiro atoms. The van der Waals surface area contributed by atoms with Crippen LogP contribution in [-0.4, -0.2) is 32.5 Å². The molecule has 1 unspecified atom stereocenters. The minimum Gasteiger partial charge on any atom is -0.462 e. The van der Waals surface area contributed by atoms with Gasteiger partial charge in [0.25, 0.3) is 0 Å². The Bertz CT molecular complexity index is 719. The predicted octanol–water partition coefficient (Wildman–Crippen LogP) is 7.40. The second-order valence-electron chi connectivity index (χ2n) is 9.56. The summed E-state index contributed by atoms with van der Waals surface area (Å²) in [5.41, 5.74) is 2.88. The number of halogens is 3. The van der Waals surface area contributed by atoms with Crippen molar-refractivity contribution in [3.8, 4) is 0 Å². The van der Waals surface area contributed by atoms with E-state index in [0.29, 0.717) is 43.5 Å². The van der Waals surface area contributed by atoms with Crippen LogP contribution in [0.15, 0.2) is 36.4 Å². The summed E-state index contributed by atoms with van der Waals surface area (Å²) in [6.07, 6.45) is 3.52. The van der Waals surface area contributed by atoms with E-state index in [4.69, 9.17) is 9.47 Å². The van der Waals surface area contributed by atoms with Gasteiger partial charge in [0, 0.05) is 25.0 Å². The number of hydrogen-bond donors (Lipinski definition) is 0. The lowest BCUT2D eigenvalue weighted by molar-refractivity contribution is -0.141. The minimum absolute atomic E-state index is 0.191. The molecule has 0 N–H and O–H groups in total. The molecule has 0 heterocycles. The molecule has 0 aliphatic heterocycles. The topological polar surface area (TPSA) is 35.5 Å². The molecule has 1 aliphatic rings. The zero-order chi connectivity index (χ0) is 24.3. The second kappa shape index (κ2) is 13.8. The van der Waals surface area contributed by atoms with Crippen LogP contribution < -0.4 is 0 Å². The van der Waals surface area contributed by atoms with E-state index < -0.39 is 12.6 Å². The number of carbonyl (C=O) groups excluding carboxylic acids is 1. The summed E-state index contributed by atoms with van der Waals surface area (Å²) in [7, 11) is 1.67. The molecular weight excluding hydrogens is 429 g/mol. The summed E-state index contributed by atoms with van der Waals surface area (Å²) in [4.78, 5) is 11.6. The van der Waals surface area contributed by atoms with Crippen LogP contribution in [0.25, 0.3) is 0 Å². The molecule has 6 heteroatoms.